The second-order valence-corrected chi connectivity index (χ2v) is 7.22. The Bertz CT molecular complexity index is 1160. The SMILES string of the molecule is O=C(Cc1ccc(-n2cccn2)cc1)Nc1ccccc1Oc1ncc(Cl)cc1Cl. The molecule has 150 valence electrons. The van der Waals surface area contributed by atoms with Crippen molar-refractivity contribution in [3.8, 4) is 17.3 Å². The molecular weight excluding hydrogens is 423 g/mol. The van der Waals surface area contributed by atoms with Crippen LogP contribution in [0.4, 0.5) is 5.69 Å². The highest BCUT2D eigenvalue weighted by Crippen LogP contribution is 2.33. The third kappa shape index (κ3) is 4.79. The van der Waals surface area contributed by atoms with Crippen LogP contribution in [0, 0.1) is 0 Å². The fourth-order valence-corrected chi connectivity index (χ4v) is 3.23. The lowest BCUT2D eigenvalue weighted by Crippen LogP contribution is -2.15. The largest absolute Gasteiger partial charge is 0.435 e. The van der Waals surface area contributed by atoms with E-state index in [1.165, 1.54) is 6.20 Å². The quantitative estimate of drug-likeness (QED) is 0.428. The number of ether oxygens (including phenoxy) is 1. The number of rotatable bonds is 6. The van der Waals surface area contributed by atoms with Crippen LogP contribution in [0.1, 0.15) is 5.56 Å². The maximum Gasteiger partial charge on any atom is 0.238 e. The second-order valence-electron chi connectivity index (χ2n) is 6.38. The van der Waals surface area contributed by atoms with Gasteiger partial charge in [-0.1, -0.05) is 47.5 Å². The summed E-state index contributed by atoms with van der Waals surface area (Å²) in [6.07, 6.45) is 5.23. The lowest BCUT2D eigenvalue weighted by molar-refractivity contribution is -0.115. The number of nitrogens with one attached hydrogen (secondary N) is 1. The highest BCUT2D eigenvalue weighted by atomic mass is 35.5. The predicted molar refractivity (Wildman–Crippen MR) is 117 cm³/mol. The maximum absolute atomic E-state index is 12.6. The van der Waals surface area contributed by atoms with Crippen LogP contribution in [0.2, 0.25) is 10.0 Å². The minimum absolute atomic E-state index is 0.173. The fourth-order valence-electron chi connectivity index (χ4n) is 2.81. The first kappa shape index (κ1) is 19.9. The molecule has 0 aliphatic heterocycles. The number of hydrogen-bond donors (Lipinski definition) is 1. The predicted octanol–water partition coefficient (Wildman–Crippen LogP) is 5.55. The molecule has 2 aromatic carbocycles. The van der Waals surface area contributed by atoms with Gasteiger partial charge in [0, 0.05) is 18.6 Å². The number of benzene rings is 2. The van der Waals surface area contributed by atoms with Gasteiger partial charge in [0.25, 0.3) is 0 Å². The number of carbonyl (C=O) groups excluding carboxylic acids is 1. The van der Waals surface area contributed by atoms with Crippen LogP contribution in [-0.2, 0) is 11.2 Å². The minimum Gasteiger partial charge on any atom is -0.435 e. The van der Waals surface area contributed by atoms with Gasteiger partial charge in [-0.3, -0.25) is 4.79 Å². The summed E-state index contributed by atoms with van der Waals surface area (Å²) in [5.74, 6) is 0.460. The summed E-state index contributed by atoms with van der Waals surface area (Å²) < 4.78 is 7.53. The van der Waals surface area contributed by atoms with Crippen molar-refractivity contribution < 1.29 is 9.53 Å². The molecule has 1 N–H and O–H groups in total. The Kier molecular flexibility index (Phi) is 5.97. The molecular formula is C22H16Cl2N4O2. The van der Waals surface area contributed by atoms with Crippen LogP contribution in [0.5, 0.6) is 11.6 Å². The summed E-state index contributed by atoms with van der Waals surface area (Å²) in [4.78, 5) is 16.7. The van der Waals surface area contributed by atoms with Gasteiger partial charge in [-0.2, -0.15) is 5.10 Å². The first-order valence-electron chi connectivity index (χ1n) is 9.05. The summed E-state index contributed by atoms with van der Waals surface area (Å²) in [7, 11) is 0. The zero-order valence-corrected chi connectivity index (χ0v) is 17.1. The van der Waals surface area contributed by atoms with Crippen LogP contribution >= 0.6 is 23.2 Å². The van der Waals surface area contributed by atoms with Gasteiger partial charge in [0.05, 0.1) is 22.8 Å². The van der Waals surface area contributed by atoms with E-state index in [9.17, 15) is 4.79 Å². The number of aromatic nitrogens is 3. The highest BCUT2D eigenvalue weighted by molar-refractivity contribution is 6.35. The van der Waals surface area contributed by atoms with Crippen LogP contribution in [-0.4, -0.2) is 20.7 Å². The van der Waals surface area contributed by atoms with E-state index in [1.807, 2.05) is 36.5 Å². The first-order chi connectivity index (χ1) is 14.6. The minimum atomic E-state index is -0.173. The van der Waals surface area contributed by atoms with Crippen molar-refractivity contribution in [2.24, 2.45) is 0 Å². The second kappa shape index (κ2) is 8.98. The molecule has 1 amide bonds. The molecule has 2 heterocycles. The number of halogens is 2. The summed E-state index contributed by atoms with van der Waals surface area (Å²) in [5.41, 5.74) is 2.32. The smallest absolute Gasteiger partial charge is 0.238 e. The summed E-state index contributed by atoms with van der Waals surface area (Å²) in [6.45, 7) is 0. The van der Waals surface area contributed by atoms with Crippen molar-refractivity contribution in [3.63, 3.8) is 0 Å². The Labute approximate surface area is 183 Å². The molecule has 0 fully saturated rings. The van der Waals surface area contributed by atoms with Crippen molar-refractivity contribution in [3.05, 3.63) is 94.9 Å². The van der Waals surface area contributed by atoms with E-state index in [0.717, 1.165) is 11.3 Å². The molecule has 0 atom stereocenters. The molecule has 30 heavy (non-hydrogen) atoms. The summed E-state index contributed by atoms with van der Waals surface area (Å²) >= 11 is 12.0. The normalized spacial score (nSPS) is 10.6. The molecule has 0 bridgehead atoms. The Morgan fingerprint density at radius 1 is 1.07 bits per heavy atom. The topological polar surface area (TPSA) is 69.0 Å². The third-order valence-corrected chi connectivity index (χ3v) is 4.69. The molecule has 0 radical (unpaired) electrons. The van der Waals surface area contributed by atoms with Gasteiger partial charge in [-0.25, -0.2) is 9.67 Å². The van der Waals surface area contributed by atoms with Crippen LogP contribution in [0.15, 0.2) is 79.3 Å². The van der Waals surface area contributed by atoms with Crippen molar-refractivity contribution >= 4 is 34.8 Å². The number of anilines is 1. The van der Waals surface area contributed by atoms with Crippen LogP contribution in [0.25, 0.3) is 5.69 Å². The van der Waals surface area contributed by atoms with Crippen molar-refractivity contribution in [2.75, 3.05) is 5.32 Å². The average molecular weight is 439 g/mol. The van der Waals surface area contributed by atoms with E-state index in [1.54, 1.807) is 41.2 Å². The van der Waals surface area contributed by atoms with Crippen LogP contribution < -0.4 is 10.1 Å². The molecule has 4 aromatic rings. The monoisotopic (exact) mass is 438 g/mol. The zero-order valence-electron chi connectivity index (χ0n) is 15.6. The van der Waals surface area contributed by atoms with E-state index >= 15 is 0 Å². The molecule has 0 aliphatic carbocycles. The van der Waals surface area contributed by atoms with Gasteiger partial charge in [0.2, 0.25) is 11.8 Å². The lowest BCUT2D eigenvalue weighted by atomic mass is 10.1. The standard InChI is InChI=1S/C22H16Cl2N4O2/c23-16-13-18(24)22(25-14-16)30-20-5-2-1-4-19(20)27-21(29)12-15-6-8-17(9-7-15)28-11-3-10-26-28/h1-11,13-14H,12H2,(H,27,29). The van der Waals surface area contributed by atoms with Gasteiger partial charge in [-0.15, -0.1) is 0 Å². The van der Waals surface area contributed by atoms with Gasteiger partial charge >= 0.3 is 0 Å². The molecule has 0 spiro atoms. The van der Waals surface area contributed by atoms with Gasteiger partial charge < -0.3 is 10.1 Å². The molecule has 0 saturated heterocycles. The molecule has 0 saturated carbocycles. The Morgan fingerprint density at radius 2 is 1.87 bits per heavy atom. The number of hydrogen-bond acceptors (Lipinski definition) is 4. The maximum atomic E-state index is 12.6. The number of para-hydroxylation sites is 2. The summed E-state index contributed by atoms with van der Waals surface area (Å²) in [6, 6.07) is 18.1. The first-order valence-corrected chi connectivity index (χ1v) is 9.81. The van der Waals surface area contributed by atoms with Gasteiger partial charge in [-0.05, 0) is 42.0 Å². The molecule has 0 aliphatic rings. The van der Waals surface area contributed by atoms with E-state index in [4.69, 9.17) is 27.9 Å². The molecule has 0 unspecified atom stereocenters. The number of amides is 1. The lowest BCUT2D eigenvalue weighted by Gasteiger charge is -2.12. The highest BCUT2D eigenvalue weighted by Gasteiger charge is 2.12. The Balaban J connectivity index is 1.44. The van der Waals surface area contributed by atoms with Gasteiger partial charge in [0.15, 0.2) is 5.75 Å². The van der Waals surface area contributed by atoms with Crippen molar-refractivity contribution in [2.45, 2.75) is 6.42 Å². The molecule has 2 aromatic heterocycles. The number of carbonyl (C=O) groups is 1. The van der Waals surface area contributed by atoms with E-state index in [2.05, 4.69) is 15.4 Å². The van der Waals surface area contributed by atoms with E-state index in [0.29, 0.717) is 16.5 Å². The number of nitrogens with zero attached hydrogens (tertiary/aromatic N) is 3. The van der Waals surface area contributed by atoms with Crippen LogP contribution in [0.3, 0.4) is 0 Å². The Morgan fingerprint density at radius 3 is 2.60 bits per heavy atom. The van der Waals surface area contributed by atoms with Crippen molar-refractivity contribution in [1.29, 1.82) is 0 Å². The molecule has 8 heteroatoms. The van der Waals surface area contributed by atoms with E-state index < -0.39 is 0 Å². The number of pyridine rings is 1. The fraction of sp³-hybridized carbons (Fsp3) is 0.0455. The molecule has 6 nitrogen and oxygen atoms in total. The van der Waals surface area contributed by atoms with Crippen molar-refractivity contribution in [1.82, 2.24) is 14.8 Å². The van der Waals surface area contributed by atoms with E-state index in [-0.39, 0.29) is 23.2 Å². The van der Waals surface area contributed by atoms with Gasteiger partial charge in [0.1, 0.15) is 5.02 Å². The zero-order chi connectivity index (χ0) is 20.9. The average Bonchev–Trinajstić information content (AvgIpc) is 3.27. The molecule has 4 rings (SSSR count). The Hall–Kier alpha value is -3.35. The summed E-state index contributed by atoms with van der Waals surface area (Å²) in [5, 5.41) is 7.75. The third-order valence-electron chi connectivity index (χ3n) is 4.21.